The highest BCUT2D eigenvalue weighted by molar-refractivity contribution is 5.51. The number of aryl methyl sites for hydroxylation is 1. The molecule has 1 aliphatic rings. The standard InChI is InChI=1S/C25H30N4O3/c1-18-6-4-8-24(26-18)28-25-9-5-7-21(27-25)23-16-29(12-13-32-23)15-20-14-19(17-30-2)10-11-22(20)31-3/h4-11,14,23H,12-13,15-17H2,1-3H3,(H,26,27,28)/t23-/m0/s1. The molecule has 1 fully saturated rings. The molecule has 0 saturated carbocycles. The number of aromatic nitrogens is 2. The maximum atomic E-state index is 6.08. The first kappa shape index (κ1) is 22.2. The summed E-state index contributed by atoms with van der Waals surface area (Å²) in [6, 6.07) is 18.1. The van der Waals surface area contributed by atoms with Crippen molar-refractivity contribution in [3.05, 3.63) is 77.1 Å². The Bertz CT molecular complexity index is 1040. The summed E-state index contributed by atoms with van der Waals surface area (Å²) < 4.78 is 17.0. The second-order valence-electron chi connectivity index (χ2n) is 7.91. The number of hydrogen-bond donors (Lipinski definition) is 1. The van der Waals surface area contributed by atoms with E-state index in [-0.39, 0.29) is 6.10 Å². The number of nitrogens with zero attached hydrogens (tertiary/aromatic N) is 3. The summed E-state index contributed by atoms with van der Waals surface area (Å²) in [5, 5.41) is 3.29. The molecule has 1 saturated heterocycles. The van der Waals surface area contributed by atoms with Crippen molar-refractivity contribution in [2.45, 2.75) is 26.2 Å². The Kier molecular flexibility index (Phi) is 7.32. The SMILES string of the molecule is COCc1ccc(OC)c(CN2CCO[C@H](c3cccc(Nc4cccc(C)n4)n3)C2)c1. The zero-order chi connectivity index (χ0) is 22.3. The Labute approximate surface area is 189 Å². The van der Waals surface area contributed by atoms with Crippen LogP contribution in [0.15, 0.2) is 54.6 Å². The van der Waals surface area contributed by atoms with Gasteiger partial charge in [0.05, 0.1) is 26.0 Å². The Morgan fingerprint density at radius 3 is 2.66 bits per heavy atom. The molecular formula is C25H30N4O3. The molecule has 0 bridgehead atoms. The molecule has 168 valence electrons. The summed E-state index contributed by atoms with van der Waals surface area (Å²) in [4.78, 5) is 11.7. The van der Waals surface area contributed by atoms with Crippen molar-refractivity contribution >= 4 is 11.6 Å². The number of anilines is 2. The van der Waals surface area contributed by atoms with E-state index in [9.17, 15) is 0 Å². The van der Waals surface area contributed by atoms with E-state index in [2.05, 4.69) is 21.3 Å². The molecule has 1 N–H and O–H groups in total. The number of ether oxygens (including phenoxy) is 3. The lowest BCUT2D eigenvalue weighted by atomic mass is 10.1. The van der Waals surface area contributed by atoms with Crippen molar-refractivity contribution in [3.63, 3.8) is 0 Å². The molecule has 4 rings (SSSR count). The van der Waals surface area contributed by atoms with E-state index >= 15 is 0 Å². The fourth-order valence-corrected chi connectivity index (χ4v) is 3.92. The lowest BCUT2D eigenvalue weighted by Crippen LogP contribution is -2.38. The third kappa shape index (κ3) is 5.62. The fraction of sp³-hybridized carbons (Fsp3) is 0.360. The van der Waals surface area contributed by atoms with Gasteiger partial charge in [-0.05, 0) is 48.9 Å². The molecular weight excluding hydrogens is 404 g/mol. The van der Waals surface area contributed by atoms with Crippen LogP contribution in [-0.2, 0) is 22.6 Å². The van der Waals surface area contributed by atoms with Crippen LogP contribution in [0, 0.1) is 6.92 Å². The number of morpholine rings is 1. The summed E-state index contributed by atoms with van der Waals surface area (Å²) >= 11 is 0. The first-order chi connectivity index (χ1) is 15.6. The van der Waals surface area contributed by atoms with Gasteiger partial charge in [0.25, 0.3) is 0 Å². The van der Waals surface area contributed by atoms with Crippen molar-refractivity contribution in [2.24, 2.45) is 0 Å². The number of hydrogen-bond acceptors (Lipinski definition) is 7. The molecule has 7 heteroatoms. The van der Waals surface area contributed by atoms with E-state index in [1.165, 1.54) is 0 Å². The molecule has 0 unspecified atom stereocenters. The first-order valence-corrected chi connectivity index (χ1v) is 10.8. The quantitative estimate of drug-likeness (QED) is 0.568. The van der Waals surface area contributed by atoms with Gasteiger partial charge in [-0.3, -0.25) is 4.90 Å². The summed E-state index contributed by atoms with van der Waals surface area (Å²) in [6.07, 6.45) is -0.0934. The highest BCUT2D eigenvalue weighted by Gasteiger charge is 2.24. The predicted molar refractivity (Wildman–Crippen MR) is 124 cm³/mol. The zero-order valence-electron chi connectivity index (χ0n) is 18.9. The van der Waals surface area contributed by atoms with Gasteiger partial charge < -0.3 is 19.5 Å². The van der Waals surface area contributed by atoms with E-state index in [4.69, 9.17) is 19.2 Å². The van der Waals surface area contributed by atoms with Gasteiger partial charge in [-0.2, -0.15) is 0 Å². The summed E-state index contributed by atoms with van der Waals surface area (Å²) in [5.41, 5.74) is 4.16. The van der Waals surface area contributed by atoms with Crippen LogP contribution in [0.2, 0.25) is 0 Å². The maximum absolute atomic E-state index is 6.08. The number of methoxy groups -OCH3 is 2. The normalized spacial score (nSPS) is 16.7. The minimum atomic E-state index is -0.0934. The minimum absolute atomic E-state index is 0.0934. The topological polar surface area (TPSA) is 68.7 Å². The van der Waals surface area contributed by atoms with Crippen molar-refractivity contribution < 1.29 is 14.2 Å². The Morgan fingerprint density at radius 2 is 1.88 bits per heavy atom. The third-order valence-electron chi connectivity index (χ3n) is 5.45. The number of benzene rings is 1. The van der Waals surface area contributed by atoms with Gasteiger partial charge in [0.1, 0.15) is 23.5 Å². The van der Waals surface area contributed by atoms with E-state index in [1.54, 1.807) is 14.2 Å². The van der Waals surface area contributed by atoms with Crippen LogP contribution in [0.3, 0.4) is 0 Å². The second-order valence-corrected chi connectivity index (χ2v) is 7.91. The molecule has 3 aromatic rings. The van der Waals surface area contributed by atoms with Crippen LogP contribution in [-0.4, -0.2) is 48.8 Å². The van der Waals surface area contributed by atoms with Crippen LogP contribution in [0.1, 0.15) is 28.6 Å². The van der Waals surface area contributed by atoms with Gasteiger partial charge in [0.2, 0.25) is 0 Å². The molecule has 0 amide bonds. The molecule has 0 aliphatic carbocycles. The zero-order valence-corrected chi connectivity index (χ0v) is 18.9. The van der Waals surface area contributed by atoms with Crippen LogP contribution in [0.5, 0.6) is 5.75 Å². The first-order valence-electron chi connectivity index (χ1n) is 10.8. The smallest absolute Gasteiger partial charge is 0.131 e. The number of pyridine rings is 2. The lowest BCUT2D eigenvalue weighted by Gasteiger charge is -2.33. The molecule has 32 heavy (non-hydrogen) atoms. The molecule has 0 radical (unpaired) electrons. The Hall–Kier alpha value is -3.00. The number of nitrogens with one attached hydrogen (secondary N) is 1. The average Bonchev–Trinajstić information content (AvgIpc) is 2.80. The van der Waals surface area contributed by atoms with E-state index < -0.39 is 0 Å². The van der Waals surface area contributed by atoms with Gasteiger partial charge in [-0.15, -0.1) is 0 Å². The fourth-order valence-electron chi connectivity index (χ4n) is 3.92. The van der Waals surface area contributed by atoms with Crippen LogP contribution < -0.4 is 10.1 Å². The van der Waals surface area contributed by atoms with Gasteiger partial charge >= 0.3 is 0 Å². The largest absolute Gasteiger partial charge is 0.496 e. The van der Waals surface area contributed by atoms with Gasteiger partial charge in [-0.25, -0.2) is 9.97 Å². The molecule has 7 nitrogen and oxygen atoms in total. The molecule has 2 aromatic heterocycles. The van der Waals surface area contributed by atoms with Crippen molar-refractivity contribution in [1.82, 2.24) is 14.9 Å². The van der Waals surface area contributed by atoms with Crippen molar-refractivity contribution in [3.8, 4) is 5.75 Å². The maximum Gasteiger partial charge on any atom is 0.131 e. The van der Waals surface area contributed by atoms with Gasteiger partial charge in [0, 0.05) is 38.0 Å². The van der Waals surface area contributed by atoms with Crippen LogP contribution in [0.4, 0.5) is 11.6 Å². The van der Waals surface area contributed by atoms with Crippen molar-refractivity contribution in [2.75, 3.05) is 39.2 Å². The Morgan fingerprint density at radius 1 is 1.06 bits per heavy atom. The predicted octanol–water partition coefficient (Wildman–Crippen LogP) is 4.26. The van der Waals surface area contributed by atoms with Crippen molar-refractivity contribution in [1.29, 1.82) is 0 Å². The van der Waals surface area contributed by atoms with E-state index in [0.29, 0.717) is 13.2 Å². The number of rotatable bonds is 8. The molecule has 1 aromatic carbocycles. The Balaban J connectivity index is 1.46. The van der Waals surface area contributed by atoms with Gasteiger partial charge in [0.15, 0.2) is 0 Å². The summed E-state index contributed by atoms with van der Waals surface area (Å²) in [7, 11) is 3.42. The molecule has 1 aliphatic heterocycles. The minimum Gasteiger partial charge on any atom is -0.496 e. The molecule has 1 atom stereocenters. The average molecular weight is 435 g/mol. The highest BCUT2D eigenvalue weighted by atomic mass is 16.5. The molecule has 3 heterocycles. The third-order valence-corrected chi connectivity index (χ3v) is 5.45. The van der Waals surface area contributed by atoms with Gasteiger partial charge in [-0.1, -0.05) is 18.2 Å². The second kappa shape index (κ2) is 10.5. The van der Waals surface area contributed by atoms with E-state index in [1.807, 2.05) is 55.5 Å². The summed E-state index contributed by atoms with van der Waals surface area (Å²) in [6.45, 7) is 5.62. The lowest BCUT2D eigenvalue weighted by molar-refractivity contribution is -0.0351. The van der Waals surface area contributed by atoms with Crippen LogP contribution in [0.25, 0.3) is 0 Å². The summed E-state index contributed by atoms with van der Waals surface area (Å²) in [5.74, 6) is 2.43. The monoisotopic (exact) mass is 434 g/mol. The van der Waals surface area contributed by atoms with E-state index in [0.717, 1.165) is 59.5 Å². The highest BCUT2D eigenvalue weighted by Crippen LogP contribution is 2.27. The molecule has 0 spiro atoms. The van der Waals surface area contributed by atoms with Crippen LogP contribution >= 0.6 is 0 Å².